The molecule has 2 aromatic heterocycles. The van der Waals surface area contributed by atoms with E-state index in [2.05, 4.69) is 45.1 Å². The summed E-state index contributed by atoms with van der Waals surface area (Å²) in [7, 11) is 1.97. The van der Waals surface area contributed by atoms with E-state index in [1.165, 1.54) is 6.33 Å². The lowest BCUT2D eigenvalue weighted by atomic mass is 10.2. The van der Waals surface area contributed by atoms with Gasteiger partial charge in [0.25, 0.3) is 5.91 Å². The summed E-state index contributed by atoms with van der Waals surface area (Å²) in [5.41, 5.74) is 0.0855. The molecule has 3 N–H and O–H groups in total. The fourth-order valence-corrected chi connectivity index (χ4v) is 2.75. The van der Waals surface area contributed by atoms with Crippen LogP contribution in [0.1, 0.15) is 23.2 Å². The second kappa shape index (κ2) is 6.01. The molecule has 0 bridgehead atoms. The van der Waals surface area contributed by atoms with Gasteiger partial charge in [-0.2, -0.15) is 0 Å². The summed E-state index contributed by atoms with van der Waals surface area (Å²) in [4.78, 5) is 25.2. The van der Waals surface area contributed by atoms with Crippen LogP contribution in [0, 0.1) is 0 Å². The van der Waals surface area contributed by atoms with Crippen molar-refractivity contribution in [1.82, 2.24) is 30.2 Å². The van der Waals surface area contributed by atoms with E-state index in [0.717, 1.165) is 5.82 Å². The Morgan fingerprint density at radius 3 is 3.05 bits per heavy atom. The predicted octanol–water partition coefficient (Wildman–Crippen LogP) is 0.0847. The maximum absolute atomic E-state index is 11.8. The summed E-state index contributed by atoms with van der Waals surface area (Å²) in [5, 5.41) is 6.21. The number of fused-ring (bicyclic) bond motifs is 1. The average molecular weight is 321 g/mol. The van der Waals surface area contributed by atoms with Crippen LogP contribution < -0.4 is 15.5 Å². The Morgan fingerprint density at radius 1 is 1.50 bits per heavy atom. The number of nitrogens with one attached hydrogen (secondary N) is 3. The SMILES string of the molecule is CC(CN1c2nc[nH]c2C(=O)NC1S)NCc1nccn1C. The van der Waals surface area contributed by atoms with Crippen molar-refractivity contribution in [2.75, 3.05) is 11.4 Å². The van der Waals surface area contributed by atoms with Crippen LogP contribution in [0.4, 0.5) is 5.82 Å². The van der Waals surface area contributed by atoms with Crippen LogP contribution in [0.25, 0.3) is 0 Å². The molecule has 3 heterocycles. The van der Waals surface area contributed by atoms with Crippen LogP contribution in [0.15, 0.2) is 18.7 Å². The Balaban J connectivity index is 1.64. The van der Waals surface area contributed by atoms with Gasteiger partial charge < -0.3 is 25.1 Å². The van der Waals surface area contributed by atoms with Gasteiger partial charge in [0, 0.05) is 32.0 Å². The fourth-order valence-electron chi connectivity index (χ4n) is 2.43. The summed E-state index contributed by atoms with van der Waals surface area (Å²) < 4.78 is 1.98. The van der Waals surface area contributed by atoms with E-state index >= 15 is 0 Å². The van der Waals surface area contributed by atoms with Crippen LogP contribution in [0.3, 0.4) is 0 Å². The summed E-state index contributed by atoms with van der Waals surface area (Å²) in [5.74, 6) is 1.42. The molecular weight excluding hydrogens is 302 g/mol. The maximum atomic E-state index is 11.8. The Kier molecular flexibility index (Phi) is 4.08. The van der Waals surface area contributed by atoms with Crippen molar-refractivity contribution in [3.05, 3.63) is 30.2 Å². The molecule has 0 spiro atoms. The highest BCUT2D eigenvalue weighted by molar-refractivity contribution is 7.81. The number of thiol groups is 1. The number of amides is 1. The number of anilines is 1. The van der Waals surface area contributed by atoms with E-state index in [-0.39, 0.29) is 17.4 Å². The quantitative estimate of drug-likeness (QED) is 0.586. The smallest absolute Gasteiger partial charge is 0.273 e. The molecule has 8 nitrogen and oxygen atoms in total. The molecule has 0 fully saturated rings. The van der Waals surface area contributed by atoms with E-state index in [1.807, 2.05) is 22.7 Å². The number of imidazole rings is 2. The number of aromatic nitrogens is 4. The van der Waals surface area contributed by atoms with Gasteiger partial charge in [0.1, 0.15) is 17.0 Å². The van der Waals surface area contributed by atoms with Crippen LogP contribution in [0.2, 0.25) is 0 Å². The third kappa shape index (κ3) is 2.81. The number of carbonyl (C=O) groups is 1. The molecule has 0 radical (unpaired) electrons. The molecular formula is C13H19N7OS. The van der Waals surface area contributed by atoms with Gasteiger partial charge in [-0.3, -0.25) is 4.79 Å². The van der Waals surface area contributed by atoms with Gasteiger partial charge >= 0.3 is 0 Å². The Labute approximate surface area is 133 Å². The van der Waals surface area contributed by atoms with E-state index < -0.39 is 0 Å². The first-order valence-electron chi connectivity index (χ1n) is 7.05. The number of nitrogens with zero attached hydrogens (tertiary/aromatic N) is 4. The molecule has 0 saturated carbocycles. The highest BCUT2D eigenvalue weighted by Gasteiger charge is 2.31. The van der Waals surface area contributed by atoms with Gasteiger partial charge in [-0.1, -0.05) is 0 Å². The number of H-pyrrole nitrogens is 1. The molecule has 0 aromatic carbocycles. The van der Waals surface area contributed by atoms with E-state index in [0.29, 0.717) is 24.6 Å². The van der Waals surface area contributed by atoms with Gasteiger partial charge in [0.05, 0.1) is 12.9 Å². The van der Waals surface area contributed by atoms with Crippen LogP contribution in [-0.2, 0) is 13.6 Å². The lowest BCUT2D eigenvalue weighted by molar-refractivity contribution is 0.0937. The van der Waals surface area contributed by atoms with Crippen molar-refractivity contribution < 1.29 is 4.79 Å². The maximum Gasteiger partial charge on any atom is 0.273 e. The Hall–Kier alpha value is -2.00. The largest absolute Gasteiger partial charge is 0.339 e. The zero-order valence-electron chi connectivity index (χ0n) is 12.4. The highest BCUT2D eigenvalue weighted by atomic mass is 32.1. The number of aromatic amines is 1. The molecule has 118 valence electrons. The van der Waals surface area contributed by atoms with Crippen molar-refractivity contribution in [3.63, 3.8) is 0 Å². The first kappa shape index (κ1) is 14.9. The number of hydrogen-bond acceptors (Lipinski definition) is 6. The molecule has 9 heteroatoms. The standard InChI is InChI=1S/C13H19N7OS/c1-8(15-5-9-14-3-4-19(9)2)6-20-11-10(16-7-17-11)12(21)18-13(20)22/h3-4,7-8,13,15,22H,5-6H2,1-2H3,(H,16,17)(H,18,21). The summed E-state index contributed by atoms with van der Waals surface area (Å²) in [6, 6.07) is 0.172. The number of rotatable bonds is 5. The van der Waals surface area contributed by atoms with Gasteiger partial charge in [-0.05, 0) is 6.92 Å². The summed E-state index contributed by atoms with van der Waals surface area (Å²) in [6.07, 6.45) is 5.22. The lowest BCUT2D eigenvalue weighted by Crippen LogP contribution is -2.53. The van der Waals surface area contributed by atoms with Gasteiger partial charge in [0.2, 0.25) is 0 Å². The molecule has 2 unspecified atom stereocenters. The molecule has 0 aliphatic carbocycles. The predicted molar refractivity (Wildman–Crippen MR) is 85.7 cm³/mol. The molecule has 0 saturated heterocycles. The minimum atomic E-state index is -0.388. The highest BCUT2D eigenvalue weighted by Crippen LogP contribution is 2.23. The van der Waals surface area contributed by atoms with Crippen LogP contribution in [0.5, 0.6) is 0 Å². The Bertz CT molecular complexity index is 667. The summed E-state index contributed by atoms with van der Waals surface area (Å²) >= 11 is 4.43. The second-order valence-corrected chi connectivity index (χ2v) is 5.83. The van der Waals surface area contributed by atoms with Gasteiger partial charge in [0.15, 0.2) is 5.82 Å². The van der Waals surface area contributed by atoms with Gasteiger partial charge in [-0.25, -0.2) is 9.97 Å². The molecule has 2 atom stereocenters. The number of carbonyl (C=O) groups excluding carboxylic acids is 1. The molecule has 2 aromatic rings. The van der Waals surface area contributed by atoms with Crippen molar-refractivity contribution in [1.29, 1.82) is 0 Å². The molecule has 1 aliphatic rings. The molecule has 1 aliphatic heterocycles. The monoisotopic (exact) mass is 321 g/mol. The van der Waals surface area contributed by atoms with Crippen molar-refractivity contribution >= 4 is 24.4 Å². The number of hydrogen-bond donors (Lipinski definition) is 4. The molecule has 1 amide bonds. The zero-order valence-corrected chi connectivity index (χ0v) is 13.3. The van der Waals surface area contributed by atoms with E-state index in [4.69, 9.17) is 0 Å². The normalized spacial score (nSPS) is 19.0. The van der Waals surface area contributed by atoms with Crippen LogP contribution >= 0.6 is 12.6 Å². The third-order valence-electron chi connectivity index (χ3n) is 3.67. The first-order chi connectivity index (χ1) is 10.6. The first-order valence-corrected chi connectivity index (χ1v) is 7.56. The molecule has 3 rings (SSSR count). The summed E-state index contributed by atoms with van der Waals surface area (Å²) in [6.45, 7) is 3.42. The average Bonchev–Trinajstić information content (AvgIpc) is 3.10. The van der Waals surface area contributed by atoms with E-state index in [9.17, 15) is 4.79 Å². The lowest BCUT2D eigenvalue weighted by Gasteiger charge is -2.35. The van der Waals surface area contributed by atoms with Gasteiger partial charge in [-0.15, -0.1) is 12.6 Å². The van der Waals surface area contributed by atoms with Crippen molar-refractivity contribution in [3.8, 4) is 0 Å². The molecule has 22 heavy (non-hydrogen) atoms. The zero-order chi connectivity index (χ0) is 15.7. The Morgan fingerprint density at radius 2 is 2.32 bits per heavy atom. The second-order valence-electron chi connectivity index (χ2n) is 5.34. The number of aryl methyl sites for hydroxylation is 1. The van der Waals surface area contributed by atoms with Crippen molar-refractivity contribution in [2.45, 2.75) is 25.0 Å². The minimum Gasteiger partial charge on any atom is -0.339 e. The van der Waals surface area contributed by atoms with E-state index in [1.54, 1.807) is 6.20 Å². The van der Waals surface area contributed by atoms with Crippen LogP contribution in [-0.4, -0.2) is 43.5 Å². The fraction of sp³-hybridized carbons (Fsp3) is 0.462. The third-order valence-corrected chi connectivity index (χ3v) is 4.08. The topological polar surface area (TPSA) is 90.9 Å². The minimum absolute atomic E-state index is 0.172. The van der Waals surface area contributed by atoms with Crippen molar-refractivity contribution in [2.24, 2.45) is 7.05 Å².